The molecule has 5 N–H and O–H groups in total. The second-order valence-corrected chi connectivity index (χ2v) is 20.8. The summed E-state index contributed by atoms with van der Waals surface area (Å²) in [5, 5.41) is 36.8. The number of likely N-dealkylation sites (tertiary alicyclic amines) is 2. The number of para-hydroxylation sites is 1. The van der Waals surface area contributed by atoms with Gasteiger partial charge < -0.3 is 54.7 Å². The molecule has 1 saturated carbocycles. The number of piperidine rings is 1. The molecular weight excluding hydrogens is 917 g/mol. The number of nitrogens with zero attached hydrogens (tertiary/aromatic N) is 8. The number of aliphatic hydroxyl groups is 1. The topological polar surface area (TPSA) is 218 Å². The number of fused-ring (bicyclic) bond motifs is 2. The van der Waals surface area contributed by atoms with Gasteiger partial charge in [0, 0.05) is 100 Å². The van der Waals surface area contributed by atoms with Crippen LogP contribution < -0.4 is 30.3 Å². The lowest BCUT2D eigenvalue weighted by Gasteiger charge is -2.43. The molecule has 5 aromatic rings. The van der Waals surface area contributed by atoms with Crippen molar-refractivity contribution in [3.05, 3.63) is 95.9 Å². The zero-order valence-electron chi connectivity index (χ0n) is 41.7. The second-order valence-electron chi connectivity index (χ2n) is 20.8. The summed E-state index contributed by atoms with van der Waals surface area (Å²) >= 11 is 0. The average Bonchev–Trinajstić information content (AvgIpc) is 4.06. The van der Waals surface area contributed by atoms with E-state index < -0.39 is 18.1 Å². The number of carbonyl (C=O) groups is 2. The minimum absolute atomic E-state index is 0.0603. The van der Waals surface area contributed by atoms with E-state index in [-0.39, 0.29) is 60.8 Å². The van der Waals surface area contributed by atoms with Crippen LogP contribution in [0.25, 0.3) is 11.3 Å². The van der Waals surface area contributed by atoms with Crippen LogP contribution in [-0.4, -0.2) is 141 Å². The monoisotopic (exact) mass is 985 g/mol. The number of pyridine rings is 1. The summed E-state index contributed by atoms with van der Waals surface area (Å²) < 4.78 is 24.7. The normalized spacial score (nSPS) is 24.3. The van der Waals surface area contributed by atoms with Crippen LogP contribution in [0.5, 0.6) is 17.5 Å². The van der Waals surface area contributed by atoms with E-state index in [1.807, 2.05) is 76.4 Å². The number of amides is 2. The molecule has 1 aliphatic carbocycles. The van der Waals surface area contributed by atoms with Gasteiger partial charge in [0.1, 0.15) is 30.4 Å². The lowest BCUT2D eigenvalue weighted by molar-refractivity contribution is -0.141. The number of hydrogen-bond acceptors (Lipinski definition) is 16. The standard InChI is InChI=1S/C54H68N10O8/c1-32(2)51(54(68)63-31-39(65)24-46(63)53(67)57-34(4)35-11-9-33(3)10-12-35)48-28-50(60-72-48)69-22-21-61-19-16-40(17-20-61)70-41-25-42(26-41)71-49-23-36(15-18-56-49)64-37-13-14-38(64)30-62(29-37)45-27-44(58-59-52(45)55)43-7-5-6-8-47(43)66/h5-12,15,18,23,27-28,32,34,37-42,46,51,65-66H,13-14,16-17,19-22,24-26,29-31H2,1-4H3,(H2,55,59)(H,57,67)/t34-,37?,38?,39+,41?,42?,46-,51+/m0/s1. The maximum absolute atomic E-state index is 14.1. The molecule has 0 radical (unpaired) electrons. The molecule has 5 fully saturated rings. The summed E-state index contributed by atoms with van der Waals surface area (Å²) in [4.78, 5) is 40.9. The molecule has 2 amide bonds. The molecule has 7 heterocycles. The van der Waals surface area contributed by atoms with E-state index >= 15 is 0 Å². The fourth-order valence-corrected chi connectivity index (χ4v) is 11.3. The smallest absolute Gasteiger partial charge is 0.254 e. The number of aliphatic hydroxyl groups excluding tert-OH is 1. The predicted octanol–water partition coefficient (Wildman–Crippen LogP) is 6.03. The molecule has 5 aliphatic rings. The van der Waals surface area contributed by atoms with Gasteiger partial charge in [-0.3, -0.25) is 14.5 Å². The van der Waals surface area contributed by atoms with Gasteiger partial charge in [-0.1, -0.05) is 55.8 Å². The van der Waals surface area contributed by atoms with Crippen LogP contribution in [0, 0.1) is 12.8 Å². The van der Waals surface area contributed by atoms with Gasteiger partial charge in [-0.05, 0) is 80.4 Å². The predicted molar refractivity (Wildman–Crippen MR) is 271 cm³/mol. The van der Waals surface area contributed by atoms with Gasteiger partial charge in [-0.25, -0.2) is 4.98 Å². The number of aryl methyl sites for hydroxylation is 1. The van der Waals surface area contributed by atoms with Gasteiger partial charge in [-0.15, -0.1) is 10.2 Å². The van der Waals surface area contributed by atoms with E-state index in [0.29, 0.717) is 59.8 Å². The molecule has 18 heteroatoms. The van der Waals surface area contributed by atoms with Crippen LogP contribution in [0.1, 0.15) is 94.6 Å². The highest BCUT2D eigenvalue weighted by molar-refractivity contribution is 5.91. The fourth-order valence-electron chi connectivity index (χ4n) is 11.3. The highest BCUT2D eigenvalue weighted by atomic mass is 16.5. The Morgan fingerprint density at radius 2 is 1.62 bits per heavy atom. The van der Waals surface area contributed by atoms with Gasteiger partial charge in [0.25, 0.3) is 5.88 Å². The summed E-state index contributed by atoms with van der Waals surface area (Å²) in [7, 11) is 0. The number of hydrogen-bond donors (Lipinski definition) is 4. The molecule has 4 aliphatic heterocycles. The molecular formula is C54H68N10O8. The number of phenolic OH excluding ortho intramolecular Hbond substituents is 1. The van der Waals surface area contributed by atoms with Crippen LogP contribution in [0.2, 0.25) is 0 Å². The molecule has 4 saturated heterocycles. The molecule has 2 bridgehead atoms. The van der Waals surface area contributed by atoms with E-state index in [1.165, 1.54) is 4.90 Å². The van der Waals surface area contributed by atoms with Crippen LogP contribution in [0.4, 0.5) is 17.2 Å². The SMILES string of the molecule is Cc1ccc([C@H](C)NC(=O)[C@@H]2C[C@@H](O)CN2C(=O)[C@@H](c2cc(OCCN3CCC(OC4CC(Oc5cc(N6C7CCC6CN(c6cc(-c8ccccc8O)nnc6N)C7)ccn5)C4)CC3)no2)C(C)C)cc1. The molecule has 382 valence electrons. The number of piperazine rings is 1. The number of aromatic hydroxyl groups is 1. The van der Waals surface area contributed by atoms with E-state index in [9.17, 15) is 19.8 Å². The Hall–Kier alpha value is -6.50. The van der Waals surface area contributed by atoms with Gasteiger partial charge in [0.15, 0.2) is 11.6 Å². The molecule has 72 heavy (non-hydrogen) atoms. The van der Waals surface area contributed by atoms with Gasteiger partial charge in [0.2, 0.25) is 17.7 Å². The average molecular weight is 985 g/mol. The number of β-amino-alcohol motifs (C(OH)–C–C–N with tert-alkyl or cyclic N) is 1. The maximum Gasteiger partial charge on any atom is 0.254 e. The molecule has 2 unspecified atom stereocenters. The number of ether oxygens (including phenoxy) is 3. The van der Waals surface area contributed by atoms with Crippen LogP contribution in [-0.2, 0) is 14.3 Å². The highest BCUT2D eigenvalue weighted by Gasteiger charge is 2.44. The van der Waals surface area contributed by atoms with E-state index in [4.69, 9.17) is 24.5 Å². The second kappa shape index (κ2) is 21.3. The quantitative estimate of drug-likeness (QED) is 0.0836. The molecule has 0 spiro atoms. The van der Waals surface area contributed by atoms with Gasteiger partial charge >= 0.3 is 0 Å². The van der Waals surface area contributed by atoms with Crippen LogP contribution in [0.3, 0.4) is 0 Å². The number of nitrogens with one attached hydrogen (secondary N) is 1. The number of rotatable bonds is 17. The Morgan fingerprint density at radius 3 is 2.36 bits per heavy atom. The summed E-state index contributed by atoms with van der Waals surface area (Å²) in [6.45, 7) is 12.4. The van der Waals surface area contributed by atoms with Crippen molar-refractivity contribution in [1.82, 2.24) is 35.5 Å². The minimum Gasteiger partial charge on any atom is -0.507 e. The number of phenols is 1. The number of aromatic nitrogens is 4. The van der Waals surface area contributed by atoms with Crippen molar-refractivity contribution < 1.29 is 38.5 Å². The Bertz CT molecular complexity index is 2660. The van der Waals surface area contributed by atoms with Crippen molar-refractivity contribution >= 4 is 29.0 Å². The third kappa shape index (κ3) is 10.8. The maximum atomic E-state index is 14.1. The van der Waals surface area contributed by atoms with Crippen molar-refractivity contribution in [2.75, 3.05) is 61.4 Å². The first-order chi connectivity index (χ1) is 34.8. The van der Waals surface area contributed by atoms with E-state index in [2.05, 4.69) is 52.5 Å². The lowest BCUT2D eigenvalue weighted by Crippen LogP contribution is -2.54. The largest absolute Gasteiger partial charge is 0.507 e. The molecule has 2 aromatic carbocycles. The summed E-state index contributed by atoms with van der Waals surface area (Å²) in [6, 6.07) is 22.4. The van der Waals surface area contributed by atoms with Crippen molar-refractivity contribution in [1.29, 1.82) is 0 Å². The number of nitrogens with two attached hydrogens (primary N) is 1. The van der Waals surface area contributed by atoms with Crippen molar-refractivity contribution in [3.8, 4) is 28.8 Å². The molecule has 3 aromatic heterocycles. The molecule has 6 atom stereocenters. The number of anilines is 3. The van der Waals surface area contributed by atoms with Crippen LogP contribution >= 0.6 is 0 Å². The van der Waals surface area contributed by atoms with Crippen LogP contribution in [0.15, 0.2) is 83.5 Å². The number of nitrogen functional groups attached to an aromatic ring is 1. The van der Waals surface area contributed by atoms with E-state index in [1.54, 1.807) is 18.2 Å². The third-order valence-electron chi connectivity index (χ3n) is 15.3. The zero-order chi connectivity index (χ0) is 50.0. The summed E-state index contributed by atoms with van der Waals surface area (Å²) in [5.74, 6) is 0.417. The molecule has 10 rings (SSSR count). The van der Waals surface area contributed by atoms with Gasteiger partial charge in [0.05, 0.1) is 35.7 Å². The lowest BCUT2D eigenvalue weighted by atomic mass is 9.91. The number of benzene rings is 2. The Labute approximate surface area is 420 Å². The highest BCUT2D eigenvalue weighted by Crippen LogP contribution is 2.41. The van der Waals surface area contributed by atoms with Gasteiger partial charge in [-0.2, -0.15) is 0 Å². The third-order valence-corrected chi connectivity index (χ3v) is 15.3. The first-order valence-electron chi connectivity index (χ1n) is 25.7. The Morgan fingerprint density at radius 1 is 0.875 bits per heavy atom. The zero-order valence-corrected chi connectivity index (χ0v) is 41.7. The first-order valence-corrected chi connectivity index (χ1v) is 25.7. The van der Waals surface area contributed by atoms with Crippen molar-refractivity contribution in [3.63, 3.8) is 0 Å². The first kappa shape index (κ1) is 49.1. The fraction of sp³-hybridized carbons (Fsp3) is 0.519. The van der Waals surface area contributed by atoms with Crippen molar-refractivity contribution in [2.24, 2.45) is 5.92 Å². The van der Waals surface area contributed by atoms with Crippen molar-refractivity contribution in [2.45, 2.75) is 127 Å². The Balaban J connectivity index is 0.643. The number of carbonyl (C=O) groups excluding carboxylic acids is 2. The summed E-state index contributed by atoms with van der Waals surface area (Å²) in [5.41, 5.74) is 11.7. The minimum atomic E-state index is -0.805. The Kier molecular flexibility index (Phi) is 14.5. The van der Waals surface area contributed by atoms with E-state index in [0.717, 1.165) is 87.2 Å². The molecule has 18 nitrogen and oxygen atoms in total. The summed E-state index contributed by atoms with van der Waals surface area (Å²) in [6.07, 6.45) is 7.30.